The van der Waals surface area contributed by atoms with E-state index in [4.69, 9.17) is 4.74 Å². The molecule has 3 aliphatic heterocycles. The van der Waals surface area contributed by atoms with Crippen molar-refractivity contribution in [2.45, 2.75) is 70.6 Å². The molecule has 0 saturated carbocycles. The van der Waals surface area contributed by atoms with E-state index in [1.54, 1.807) is 6.92 Å². The van der Waals surface area contributed by atoms with Crippen molar-refractivity contribution in [3.63, 3.8) is 0 Å². The van der Waals surface area contributed by atoms with Crippen LogP contribution in [0.4, 0.5) is 5.69 Å². The van der Waals surface area contributed by atoms with Crippen molar-refractivity contribution < 1.29 is 14.3 Å². The number of ether oxygens (including phenoxy) is 1. The monoisotopic (exact) mass is 595 g/mol. The molecule has 232 valence electrons. The van der Waals surface area contributed by atoms with Crippen LogP contribution in [-0.4, -0.2) is 82.9 Å². The second kappa shape index (κ2) is 14.4. The number of para-hydroxylation sites is 1. The smallest absolute Gasteiger partial charge is 0.254 e. The Bertz CT molecular complexity index is 1410. The third-order valence-corrected chi connectivity index (χ3v) is 9.48. The molecule has 44 heavy (non-hydrogen) atoms. The predicted octanol–water partition coefficient (Wildman–Crippen LogP) is 5.38. The summed E-state index contributed by atoms with van der Waals surface area (Å²) in [6.07, 6.45) is 10.2. The Morgan fingerprint density at radius 1 is 0.909 bits per heavy atom. The van der Waals surface area contributed by atoms with Crippen LogP contribution in [0.1, 0.15) is 66.9 Å². The lowest BCUT2D eigenvalue weighted by Crippen LogP contribution is -2.45. The number of fused-ring (bicyclic) bond motifs is 3. The number of likely N-dealkylation sites (tertiary alicyclic amines) is 1. The molecule has 2 atom stereocenters. The Morgan fingerprint density at radius 2 is 1.70 bits per heavy atom. The van der Waals surface area contributed by atoms with Gasteiger partial charge in [0.25, 0.3) is 5.91 Å². The average Bonchev–Trinajstić information content (AvgIpc) is 3.69. The van der Waals surface area contributed by atoms with Crippen LogP contribution in [0.3, 0.4) is 0 Å². The molecule has 2 amide bonds. The van der Waals surface area contributed by atoms with Gasteiger partial charge in [0.1, 0.15) is 5.75 Å². The summed E-state index contributed by atoms with van der Waals surface area (Å²) in [5, 5.41) is 0. The maximum absolute atomic E-state index is 14.3. The van der Waals surface area contributed by atoms with Gasteiger partial charge < -0.3 is 19.4 Å². The maximum atomic E-state index is 14.3. The summed E-state index contributed by atoms with van der Waals surface area (Å²) >= 11 is 0. The minimum absolute atomic E-state index is 0.0109. The molecule has 2 saturated heterocycles. The van der Waals surface area contributed by atoms with Gasteiger partial charge in [-0.05, 0) is 99.1 Å². The molecule has 0 spiro atoms. The summed E-state index contributed by atoms with van der Waals surface area (Å²) < 4.78 is 6.12. The minimum Gasteiger partial charge on any atom is -0.494 e. The van der Waals surface area contributed by atoms with Crippen LogP contribution in [0.2, 0.25) is 0 Å². The first-order valence-electron chi connectivity index (χ1n) is 16.3. The third kappa shape index (κ3) is 7.30. The van der Waals surface area contributed by atoms with Gasteiger partial charge in [-0.15, -0.1) is 0 Å². The van der Waals surface area contributed by atoms with Crippen molar-refractivity contribution in [1.29, 1.82) is 0 Å². The Kier molecular flexibility index (Phi) is 9.88. The van der Waals surface area contributed by atoms with Crippen molar-refractivity contribution in [3.05, 3.63) is 89.7 Å². The van der Waals surface area contributed by atoms with Crippen molar-refractivity contribution >= 4 is 17.5 Å². The fraction of sp³-hybridized carbons (Fsp3) is 0.472. The van der Waals surface area contributed by atoms with E-state index in [1.807, 2.05) is 64.7 Å². The Hall–Kier alpha value is -3.75. The van der Waals surface area contributed by atoms with Gasteiger partial charge in [-0.2, -0.15) is 0 Å². The number of anilines is 1. The van der Waals surface area contributed by atoms with E-state index >= 15 is 0 Å². The number of carbonyl (C=O) groups is 2. The lowest BCUT2D eigenvalue weighted by molar-refractivity contribution is -0.116. The number of hydrogen-bond acceptors (Lipinski definition) is 6. The number of amides is 2. The average molecular weight is 596 g/mol. The highest BCUT2D eigenvalue weighted by atomic mass is 16.5. The normalized spacial score (nSPS) is 21.1. The number of benzene rings is 2. The van der Waals surface area contributed by atoms with Crippen LogP contribution in [0, 0.1) is 0 Å². The van der Waals surface area contributed by atoms with Gasteiger partial charge in [-0.25, -0.2) is 0 Å². The van der Waals surface area contributed by atoms with E-state index in [9.17, 15) is 9.59 Å². The van der Waals surface area contributed by atoms with E-state index in [0.717, 1.165) is 55.8 Å². The lowest BCUT2D eigenvalue weighted by atomic mass is 10.1. The van der Waals surface area contributed by atoms with Crippen LogP contribution in [-0.2, 0) is 17.9 Å². The molecule has 4 heterocycles. The fourth-order valence-corrected chi connectivity index (χ4v) is 7.18. The molecule has 1 aromatic heterocycles. The van der Waals surface area contributed by atoms with Gasteiger partial charge in [-0.1, -0.05) is 24.3 Å². The molecule has 0 aliphatic carbocycles. The highest BCUT2D eigenvalue weighted by molar-refractivity contribution is 5.95. The summed E-state index contributed by atoms with van der Waals surface area (Å²) in [7, 11) is 0. The molecule has 3 aliphatic rings. The van der Waals surface area contributed by atoms with Crippen LogP contribution < -0.4 is 9.64 Å². The highest BCUT2D eigenvalue weighted by Gasteiger charge is 2.37. The molecule has 0 radical (unpaired) electrons. The molecule has 2 bridgehead atoms. The van der Waals surface area contributed by atoms with Crippen LogP contribution in [0.5, 0.6) is 5.75 Å². The zero-order chi connectivity index (χ0) is 30.3. The molecule has 0 N–H and O–H groups in total. The second-order valence-electron chi connectivity index (χ2n) is 12.5. The predicted molar refractivity (Wildman–Crippen MR) is 173 cm³/mol. The second-order valence-corrected chi connectivity index (χ2v) is 12.5. The first-order valence-corrected chi connectivity index (χ1v) is 16.3. The minimum atomic E-state index is -0.0109. The molecular weight excluding hydrogens is 550 g/mol. The summed E-state index contributed by atoms with van der Waals surface area (Å²) in [5.41, 5.74) is 3.73. The molecular formula is C36H45N5O3. The largest absolute Gasteiger partial charge is 0.494 e. The highest BCUT2D eigenvalue weighted by Crippen LogP contribution is 2.33. The van der Waals surface area contributed by atoms with Crippen molar-refractivity contribution in [2.24, 2.45) is 0 Å². The number of nitrogens with zero attached hydrogens (tertiary/aromatic N) is 5. The first-order chi connectivity index (χ1) is 21.5. The summed E-state index contributed by atoms with van der Waals surface area (Å²) in [6, 6.07) is 20.4. The zero-order valence-electron chi connectivity index (χ0n) is 25.9. The van der Waals surface area contributed by atoms with Gasteiger partial charge in [0.05, 0.1) is 6.61 Å². The summed E-state index contributed by atoms with van der Waals surface area (Å²) in [6.45, 7) is 8.22. The number of carbonyl (C=O) groups excluding carboxylic acids is 2. The number of hydrogen-bond donors (Lipinski definition) is 0. The van der Waals surface area contributed by atoms with Gasteiger partial charge in [0.2, 0.25) is 5.91 Å². The van der Waals surface area contributed by atoms with Crippen molar-refractivity contribution in [1.82, 2.24) is 19.7 Å². The van der Waals surface area contributed by atoms with Crippen LogP contribution >= 0.6 is 0 Å². The zero-order valence-corrected chi connectivity index (χ0v) is 25.9. The van der Waals surface area contributed by atoms with Crippen molar-refractivity contribution in [2.75, 3.05) is 44.2 Å². The molecule has 6 rings (SSSR count). The molecule has 8 heteroatoms. The molecule has 0 unspecified atom stereocenters. The summed E-state index contributed by atoms with van der Waals surface area (Å²) in [4.78, 5) is 40.4. The van der Waals surface area contributed by atoms with Gasteiger partial charge in [-0.3, -0.25) is 19.5 Å². The van der Waals surface area contributed by atoms with Gasteiger partial charge in [0.15, 0.2) is 0 Å². The van der Waals surface area contributed by atoms with Crippen molar-refractivity contribution in [3.8, 4) is 5.75 Å². The maximum Gasteiger partial charge on any atom is 0.254 e. The van der Waals surface area contributed by atoms with E-state index in [1.165, 1.54) is 31.5 Å². The Morgan fingerprint density at radius 3 is 2.52 bits per heavy atom. The molecule has 2 fully saturated rings. The SMILES string of the molecule is CC(=O)N1CC[C@H]2CC[C@@H](CN(C(=O)c3cccc(OCCCN4CCCC4)c3)Cc3ccccc31)N2Cc1ccncc1. The van der Waals surface area contributed by atoms with Gasteiger partial charge in [0, 0.05) is 75.4 Å². The Labute approximate surface area is 261 Å². The molecule has 2 aromatic carbocycles. The third-order valence-electron chi connectivity index (χ3n) is 9.48. The molecule has 3 aromatic rings. The summed E-state index contributed by atoms with van der Waals surface area (Å²) in [5.74, 6) is 0.751. The van der Waals surface area contributed by atoms with Crippen LogP contribution in [0.15, 0.2) is 73.1 Å². The van der Waals surface area contributed by atoms with Gasteiger partial charge >= 0.3 is 0 Å². The number of rotatable bonds is 8. The quantitative estimate of drug-likeness (QED) is 0.326. The van der Waals surface area contributed by atoms with Crippen LogP contribution in [0.25, 0.3) is 0 Å². The number of pyridine rings is 1. The van der Waals surface area contributed by atoms with E-state index in [2.05, 4.69) is 33.0 Å². The number of aromatic nitrogens is 1. The first kappa shape index (κ1) is 30.3. The standard InChI is InChI=1S/C36H45N5O3/c1-28(42)40-22-16-32-12-13-33(41(32)25-29-14-17-37-18-15-29)27-39(26-31-8-2-3-11-35(31)40)36(43)30-9-6-10-34(24-30)44-23-7-21-38-19-4-5-20-38/h2-3,6,8-11,14-15,17-18,24,32-33H,4-5,7,12-13,16,19-23,25-27H2,1H3/t32-,33+/m1/s1. The Balaban J connectivity index is 1.25. The van der Waals surface area contributed by atoms with E-state index in [-0.39, 0.29) is 17.9 Å². The fourth-order valence-electron chi connectivity index (χ4n) is 7.18. The lowest BCUT2D eigenvalue weighted by Gasteiger charge is -2.34. The molecule has 8 nitrogen and oxygen atoms in total. The van der Waals surface area contributed by atoms with E-state index in [0.29, 0.717) is 37.8 Å². The topological polar surface area (TPSA) is 69.2 Å². The van der Waals surface area contributed by atoms with E-state index < -0.39 is 0 Å².